The van der Waals surface area contributed by atoms with Crippen molar-refractivity contribution in [2.45, 2.75) is 32.7 Å². The van der Waals surface area contributed by atoms with E-state index in [2.05, 4.69) is 24.1 Å². The molecule has 0 bridgehead atoms. The number of hydrogen-bond acceptors (Lipinski definition) is 6. The molecule has 30 heavy (non-hydrogen) atoms. The lowest BCUT2D eigenvalue weighted by Gasteiger charge is -2.26. The SMILES string of the molecule is CC(C)c1ccc(OCC(=O)N2CCc3nc(NC(=O)c4cccs4)sc3C2)cc1. The molecule has 2 aromatic heterocycles. The van der Waals surface area contributed by atoms with E-state index in [9.17, 15) is 9.59 Å². The summed E-state index contributed by atoms with van der Waals surface area (Å²) in [6, 6.07) is 11.5. The molecular weight excluding hydrogens is 418 g/mol. The van der Waals surface area contributed by atoms with Crippen LogP contribution in [0, 0.1) is 0 Å². The van der Waals surface area contributed by atoms with Crippen molar-refractivity contribution in [3.8, 4) is 5.75 Å². The molecule has 6 nitrogen and oxygen atoms in total. The Hall–Kier alpha value is -2.71. The highest BCUT2D eigenvalue weighted by atomic mass is 32.1. The van der Waals surface area contributed by atoms with Gasteiger partial charge < -0.3 is 9.64 Å². The van der Waals surface area contributed by atoms with E-state index in [4.69, 9.17) is 4.74 Å². The number of benzene rings is 1. The molecule has 1 aliphatic rings. The van der Waals surface area contributed by atoms with Crippen LogP contribution in [-0.4, -0.2) is 34.8 Å². The summed E-state index contributed by atoms with van der Waals surface area (Å²) in [6.07, 6.45) is 0.676. The van der Waals surface area contributed by atoms with Crippen LogP contribution >= 0.6 is 22.7 Å². The molecule has 0 spiro atoms. The molecule has 0 fully saturated rings. The minimum atomic E-state index is -0.152. The van der Waals surface area contributed by atoms with E-state index in [1.54, 1.807) is 11.0 Å². The maximum atomic E-state index is 12.6. The van der Waals surface area contributed by atoms with Crippen molar-refractivity contribution in [2.75, 3.05) is 18.5 Å². The smallest absolute Gasteiger partial charge is 0.267 e. The molecular formula is C22H23N3O3S2. The van der Waals surface area contributed by atoms with Crippen molar-refractivity contribution >= 4 is 39.6 Å². The first-order chi connectivity index (χ1) is 14.5. The maximum absolute atomic E-state index is 12.6. The molecule has 0 radical (unpaired) electrons. The van der Waals surface area contributed by atoms with E-state index in [-0.39, 0.29) is 18.4 Å². The summed E-state index contributed by atoms with van der Waals surface area (Å²) in [5.41, 5.74) is 2.19. The van der Waals surface area contributed by atoms with E-state index < -0.39 is 0 Å². The predicted molar refractivity (Wildman–Crippen MR) is 120 cm³/mol. The van der Waals surface area contributed by atoms with Crippen molar-refractivity contribution in [1.82, 2.24) is 9.88 Å². The first-order valence-corrected chi connectivity index (χ1v) is 11.5. The topological polar surface area (TPSA) is 71.5 Å². The Kier molecular flexibility index (Phi) is 6.15. The van der Waals surface area contributed by atoms with Crippen molar-refractivity contribution < 1.29 is 14.3 Å². The zero-order chi connectivity index (χ0) is 21.1. The fourth-order valence-corrected chi connectivity index (χ4v) is 4.85. The summed E-state index contributed by atoms with van der Waals surface area (Å²) in [5.74, 6) is 0.955. The second-order valence-electron chi connectivity index (χ2n) is 7.40. The minimum absolute atomic E-state index is 0.0110. The quantitative estimate of drug-likeness (QED) is 0.609. The standard InChI is InChI=1S/C22H23N3O3S2/c1-14(2)15-5-7-16(8-6-15)28-13-20(26)25-10-9-17-19(12-25)30-22(23-17)24-21(27)18-4-3-11-29-18/h3-8,11,14H,9-10,12-13H2,1-2H3,(H,23,24,27). The van der Waals surface area contributed by atoms with Gasteiger partial charge in [-0.2, -0.15) is 0 Å². The molecule has 8 heteroatoms. The van der Waals surface area contributed by atoms with E-state index in [1.807, 2.05) is 35.7 Å². The Morgan fingerprint density at radius 2 is 2.03 bits per heavy atom. The number of hydrogen-bond donors (Lipinski definition) is 1. The molecule has 156 valence electrons. The number of fused-ring (bicyclic) bond motifs is 1. The van der Waals surface area contributed by atoms with E-state index in [0.717, 1.165) is 10.6 Å². The summed E-state index contributed by atoms with van der Waals surface area (Å²) in [4.78, 5) is 32.8. The third-order valence-electron chi connectivity index (χ3n) is 4.96. The van der Waals surface area contributed by atoms with Crippen LogP contribution in [0.15, 0.2) is 41.8 Å². The van der Waals surface area contributed by atoms with Gasteiger partial charge in [-0.15, -0.1) is 11.3 Å². The van der Waals surface area contributed by atoms with Crippen molar-refractivity contribution in [3.05, 3.63) is 62.8 Å². The third-order valence-corrected chi connectivity index (χ3v) is 6.82. The molecule has 0 saturated heterocycles. The van der Waals surface area contributed by atoms with Gasteiger partial charge in [-0.25, -0.2) is 4.98 Å². The highest BCUT2D eigenvalue weighted by Gasteiger charge is 2.25. The number of nitrogens with zero attached hydrogens (tertiary/aromatic N) is 2. The molecule has 0 unspecified atom stereocenters. The molecule has 1 N–H and O–H groups in total. The van der Waals surface area contributed by atoms with Crippen LogP contribution in [0.4, 0.5) is 5.13 Å². The van der Waals surface area contributed by atoms with Crippen LogP contribution in [0.1, 0.15) is 45.6 Å². The van der Waals surface area contributed by atoms with Gasteiger partial charge in [0.2, 0.25) is 0 Å². The van der Waals surface area contributed by atoms with Crippen LogP contribution in [-0.2, 0) is 17.8 Å². The summed E-state index contributed by atoms with van der Waals surface area (Å²) in [5, 5.41) is 5.30. The van der Waals surface area contributed by atoms with Gasteiger partial charge in [0.05, 0.1) is 17.1 Å². The molecule has 0 saturated carbocycles. The molecule has 4 rings (SSSR count). The minimum Gasteiger partial charge on any atom is -0.484 e. The van der Waals surface area contributed by atoms with Crippen LogP contribution in [0.5, 0.6) is 5.75 Å². The Bertz CT molecular complexity index is 1030. The number of amides is 2. The van der Waals surface area contributed by atoms with Crippen molar-refractivity contribution in [3.63, 3.8) is 0 Å². The summed E-state index contributed by atoms with van der Waals surface area (Å²) < 4.78 is 5.68. The summed E-state index contributed by atoms with van der Waals surface area (Å²) >= 11 is 2.82. The van der Waals surface area contributed by atoms with E-state index in [1.165, 1.54) is 28.2 Å². The van der Waals surface area contributed by atoms with Gasteiger partial charge in [0.25, 0.3) is 11.8 Å². The molecule has 3 aromatic rings. The lowest BCUT2D eigenvalue weighted by molar-refractivity contribution is -0.134. The number of carbonyl (C=O) groups is 2. The van der Waals surface area contributed by atoms with Crippen LogP contribution < -0.4 is 10.1 Å². The van der Waals surface area contributed by atoms with Crippen LogP contribution in [0.2, 0.25) is 0 Å². The monoisotopic (exact) mass is 441 g/mol. The average Bonchev–Trinajstić information content (AvgIpc) is 3.41. The highest BCUT2D eigenvalue weighted by molar-refractivity contribution is 7.16. The Morgan fingerprint density at radius 1 is 1.23 bits per heavy atom. The Labute approximate surface area is 183 Å². The molecule has 0 aliphatic carbocycles. The fraction of sp³-hybridized carbons (Fsp3) is 0.318. The average molecular weight is 442 g/mol. The molecule has 1 aromatic carbocycles. The van der Waals surface area contributed by atoms with Gasteiger partial charge in [0.1, 0.15) is 5.75 Å². The Balaban J connectivity index is 1.32. The molecule has 2 amide bonds. The normalized spacial score (nSPS) is 13.2. The van der Waals surface area contributed by atoms with Crippen LogP contribution in [0.25, 0.3) is 0 Å². The summed E-state index contributed by atoms with van der Waals surface area (Å²) in [7, 11) is 0. The van der Waals surface area contributed by atoms with Crippen molar-refractivity contribution in [1.29, 1.82) is 0 Å². The number of aromatic nitrogens is 1. The van der Waals surface area contributed by atoms with Gasteiger partial charge in [0.15, 0.2) is 11.7 Å². The fourth-order valence-electron chi connectivity index (χ4n) is 3.21. The zero-order valence-electron chi connectivity index (χ0n) is 16.9. The maximum Gasteiger partial charge on any atom is 0.267 e. The zero-order valence-corrected chi connectivity index (χ0v) is 18.5. The second-order valence-corrected chi connectivity index (χ2v) is 9.43. The highest BCUT2D eigenvalue weighted by Crippen LogP contribution is 2.29. The number of nitrogens with one attached hydrogen (secondary N) is 1. The molecule has 1 aliphatic heterocycles. The van der Waals surface area contributed by atoms with E-state index in [0.29, 0.717) is 41.2 Å². The lowest BCUT2D eigenvalue weighted by atomic mass is 10.0. The lowest BCUT2D eigenvalue weighted by Crippen LogP contribution is -2.38. The number of ether oxygens (including phenoxy) is 1. The number of rotatable bonds is 6. The second kappa shape index (κ2) is 8.97. The van der Waals surface area contributed by atoms with Gasteiger partial charge in [0, 0.05) is 17.8 Å². The van der Waals surface area contributed by atoms with Gasteiger partial charge in [-0.1, -0.05) is 43.4 Å². The number of anilines is 1. The Morgan fingerprint density at radius 3 is 2.73 bits per heavy atom. The first-order valence-electron chi connectivity index (χ1n) is 9.83. The number of thiophene rings is 1. The predicted octanol–water partition coefficient (Wildman–Crippen LogP) is 4.54. The third kappa shape index (κ3) is 4.71. The van der Waals surface area contributed by atoms with Crippen molar-refractivity contribution in [2.24, 2.45) is 0 Å². The van der Waals surface area contributed by atoms with E-state index >= 15 is 0 Å². The largest absolute Gasteiger partial charge is 0.484 e. The number of carbonyl (C=O) groups excluding carboxylic acids is 2. The first kappa shape index (κ1) is 20.6. The van der Waals surface area contributed by atoms with Gasteiger partial charge in [-0.05, 0) is 35.1 Å². The summed E-state index contributed by atoms with van der Waals surface area (Å²) in [6.45, 7) is 5.39. The van der Waals surface area contributed by atoms with Gasteiger partial charge >= 0.3 is 0 Å². The molecule has 0 atom stereocenters. The van der Waals surface area contributed by atoms with Crippen LogP contribution in [0.3, 0.4) is 0 Å². The number of thiazole rings is 1. The van der Waals surface area contributed by atoms with Gasteiger partial charge in [-0.3, -0.25) is 14.9 Å². The molecule has 3 heterocycles.